The second-order valence-corrected chi connectivity index (χ2v) is 6.90. The summed E-state index contributed by atoms with van der Waals surface area (Å²) >= 11 is 5.98. The molecule has 8 nitrogen and oxygen atoms in total. The average molecular weight is 375 g/mol. The van der Waals surface area contributed by atoms with Crippen molar-refractivity contribution >= 4 is 28.7 Å². The van der Waals surface area contributed by atoms with Crippen molar-refractivity contribution in [1.82, 2.24) is 30.3 Å². The molecule has 9 heteroatoms. The van der Waals surface area contributed by atoms with E-state index in [2.05, 4.69) is 25.4 Å². The highest BCUT2D eigenvalue weighted by molar-refractivity contribution is 6.31. The van der Waals surface area contributed by atoms with E-state index in [4.69, 9.17) is 16.1 Å². The van der Waals surface area contributed by atoms with Crippen LogP contribution in [-0.2, 0) is 6.54 Å². The number of halogens is 1. The number of fused-ring (bicyclic) bond motifs is 1. The van der Waals surface area contributed by atoms with Crippen LogP contribution in [0.25, 0.3) is 11.0 Å². The predicted molar refractivity (Wildman–Crippen MR) is 95.9 cm³/mol. The summed E-state index contributed by atoms with van der Waals surface area (Å²) in [5.74, 6) is 2.03. The summed E-state index contributed by atoms with van der Waals surface area (Å²) in [6, 6.07) is 5.34. The Hall–Kier alpha value is -2.61. The van der Waals surface area contributed by atoms with Gasteiger partial charge < -0.3 is 19.7 Å². The first-order valence-corrected chi connectivity index (χ1v) is 8.93. The van der Waals surface area contributed by atoms with Crippen LogP contribution in [0.3, 0.4) is 0 Å². The molecule has 0 spiro atoms. The second kappa shape index (κ2) is 6.95. The highest BCUT2D eigenvalue weighted by Gasteiger charge is 2.27. The lowest BCUT2D eigenvalue weighted by Gasteiger charge is -2.31. The molecule has 136 valence electrons. The minimum absolute atomic E-state index is 0.111. The van der Waals surface area contributed by atoms with Crippen LogP contribution in [0.2, 0.25) is 5.02 Å². The maximum absolute atomic E-state index is 12.5. The summed E-state index contributed by atoms with van der Waals surface area (Å²) in [6.45, 7) is 3.40. The van der Waals surface area contributed by atoms with Gasteiger partial charge in [0, 0.05) is 31.0 Å². The standard InChI is InChI=1S/C17H19ClN6O2/c1-10-20-16(23-26-10)11-3-2-6-24(9-11)17(25)19-8-15-21-13-5-4-12(18)7-14(13)22-15/h4-5,7,11H,2-3,6,8-9H2,1H3,(H,19,25)(H,21,22). The van der Waals surface area contributed by atoms with Gasteiger partial charge in [-0.1, -0.05) is 16.8 Å². The molecule has 3 heterocycles. The zero-order valence-corrected chi connectivity index (χ0v) is 15.1. The van der Waals surface area contributed by atoms with Crippen LogP contribution >= 0.6 is 11.6 Å². The van der Waals surface area contributed by atoms with Gasteiger partial charge in [-0.15, -0.1) is 0 Å². The number of nitrogens with zero attached hydrogens (tertiary/aromatic N) is 4. The molecule has 1 unspecified atom stereocenters. The van der Waals surface area contributed by atoms with Crippen LogP contribution in [0, 0.1) is 6.92 Å². The minimum atomic E-state index is -0.117. The number of hydrogen-bond acceptors (Lipinski definition) is 5. The van der Waals surface area contributed by atoms with E-state index in [9.17, 15) is 4.79 Å². The molecule has 1 aliphatic rings. The third-order valence-electron chi connectivity index (χ3n) is 4.52. The normalized spacial score (nSPS) is 17.6. The largest absolute Gasteiger partial charge is 0.340 e. The van der Waals surface area contributed by atoms with Crippen molar-refractivity contribution in [3.05, 3.63) is 40.8 Å². The SMILES string of the molecule is Cc1nc(C2CCCN(C(=O)NCc3nc4ccc(Cl)cc4[nH]3)C2)no1. The summed E-state index contributed by atoms with van der Waals surface area (Å²) in [5.41, 5.74) is 1.68. The molecule has 2 aromatic heterocycles. The van der Waals surface area contributed by atoms with Gasteiger partial charge in [-0.25, -0.2) is 9.78 Å². The van der Waals surface area contributed by atoms with Crippen LogP contribution < -0.4 is 5.32 Å². The lowest BCUT2D eigenvalue weighted by molar-refractivity contribution is 0.177. The number of rotatable bonds is 3. The van der Waals surface area contributed by atoms with Gasteiger partial charge in [0.2, 0.25) is 5.89 Å². The molecule has 1 fully saturated rings. The molecule has 1 aromatic carbocycles. The van der Waals surface area contributed by atoms with Crippen molar-refractivity contribution in [2.24, 2.45) is 0 Å². The number of piperidine rings is 1. The van der Waals surface area contributed by atoms with E-state index in [-0.39, 0.29) is 11.9 Å². The van der Waals surface area contributed by atoms with E-state index >= 15 is 0 Å². The lowest BCUT2D eigenvalue weighted by Crippen LogP contribution is -2.45. The number of H-pyrrole nitrogens is 1. The van der Waals surface area contributed by atoms with E-state index in [1.807, 2.05) is 12.1 Å². The van der Waals surface area contributed by atoms with Crippen LogP contribution in [0.15, 0.2) is 22.7 Å². The number of aryl methyl sites for hydroxylation is 1. The number of aromatic nitrogens is 4. The van der Waals surface area contributed by atoms with Gasteiger partial charge in [0.15, 0.2) is 5.82 Å². The quantitative estimate of drug-likeness (QED) is 0.734. The van der Waals surface area contributed by atoms with Crippen molar-refractivity contribution in [1.29, 1.82) is 0 Å². The van der Waals surface area contributed by atoms with E-state index in [0.29, 0.717) is 35.7 Å². The highest BCUT2D eigenvalue weighted by atomic mass is 35.5. The van der Waals surface area contributed by atoms with Gasteiger partial charge in [-0.05, 0) is 31.0 Å². The molecule has 26 heavy (non-hydrogen) atoms. The molecule has 0 radical (unpaired) electrons. The highest BCUT2D eigenvalue weighted by Crippen LogP contribution is 2.25. The Balaban J connectivity index is 1.37. The Morgan fingerprint density at radius 3 is 3.15 bits per heavy atom. The van der Waals surface area contributed by atoms with Gasteiger partial charge in [0.1, 0.15) is 5.82 Å². The first-order chi connectivity index (χ1) is 12.6. The number of imidazole rings is 1. The van der Waals surface area contributed by atoms with Crippen LogP contribution in [-0.4, -0.2) is 44.1 Å². The summed E-state index contributed by atoms with van der Waals surface area (Å²) in [5, 5.41) is 7.55. The molecule has 1 saturated heterocycles. The molecule has 2 N–H and O–H groups in total. The fourth-order valence-corrected chi connectivity index (χ4v) is 3.41. The van der Waals surface area contributed by atoms with Crippen molar-refractivity contribution in [3.63, 3.8) is 0 Å². The summed E-state index contributed by atoms with van der Waals surface area (Å²) in [7, 11) is 0. The Morgan fingerprint density at radius 2 is 2.35 bits per heavy atom. The molecular weight excluding hydrogens is 356 g/mol. The van der Waals surface area contributed by atoms with Crippen molar-refractivity contribution in [3.8, 4) is 0 Å². The first-order valence-electron chi connectivity index (χ1n) is 8.55. The number of urea groups is 1. The maximum Gasteiger partial charge on any atom is 0.317 e. The molecule has 3 aromatic rings. The molecule has 0 bridgehead atoms. The van der Waals surface area contributed by atoms with Crippen molar-refractivity contribution in [2.45, 2.75) is 32.2 Å². The van der Waals surface area contributed by atoms with Gasteiger partial charge >= 0.3 is 6.03 Å². The Morgan fingerprint density at radius 1 is 1.46 bits per heavy atom. The topological polar surface area (TPSA) is 99.9 Å². The zero-order chi connectivity index (χ0) is 18.1. The number of benzene rings is 1. The summed E-state index contributed by atoms with van der Waals surface area (Å²) in [6.07, 6.45) is 1.86. The average Bonchev–Trinajstić information content (AvgIpc) is 3.25. The number of carbonyl (C=O) groups excluding carboxylic acids is 1. The maximum atomic E-state index is 12.5. The lowest BCUT2D eigenvalue weighted by atomic mass is 9.98. The predicted octanol–water partition coefficient (Wildman–Crippen LogP) is 3.00. The molecule has 1 atom stereocenters. The van der Waals surface area contributed by atoms with E-state index in [1.54, 1.807) is 17.9 Å². The van der Waals surface area contributed by atoms with Crippen LogP contribution in [0.5, 0.6) is 0 Å². The number of likely N-dealkylation sites (tertiary alicyclic amines) is 1. The van der Waals surface area contributed by atoms with Gasteiger partial charge in [-0.2, -0.15) is 4.98 Å². The van der Waals surface area contributed by atoms with Crippen molar-refractivity contribution in [2.75, 3.05) is 13.1 Å². The Kier molecular flexibility index (Phi) is 4.50. The van der Waals surface area contributed by atoms with Gasteiger partial charge in [-0.3, -0.25) is 0 Å². The Labute approximate surface area is 154 Å². The van der Waals surface area contributed by atoms with E-state index < -0.39 is 0 Å². The number of hydrogen-bond donors (Lipinski definition) is 2. The molecule has 4 rings (SSSR count). The third kappa shape index (κ3) is 3.50. The fraction of sp³-hybridized carbons (Fsp3) is 0.412. The van der Waals surface area contributed by atoms with Gasteiger partial charge in [0.25, 0.3) is 0 Å². The molecule has 1 aliphatic heterocycles. The number of nitrogens with one attached hydrogen (secondary N) is 2. The van der Waals surface area contributed by atoms with E-state index in [0.717, 1.165) is 30.4 Å². The fourth-order valence-electron chi connectivity index (χ4n) is 3.24. The van der Waals surface area contributed by atoms with Crippen molar-refractivity contribution < 1.29 is 9.32 Å². The Bertz CT molecular complexity index is 936. The first kappa shape index (κ1) is 16.8. The number of aromatic amines is 1. The van der Waals surface area contributed by atoms with Gasteiger partial charge in [0.05, 0.1) is 17.6 Å². The second-order valence-electron chi connectivity index (χ2n) is 6.46. The third-order valence-corrected chi connectivity index (χ3v) is 4.75. The summed E-state index contributed by atoms with van der Waals surface area (Å²) in [4.78, 5) is 26.2. The number of amides is 2. The zero-order valence-electron chi connectivity index (χ0n) is 14.3. The minimum Gasteiger partial charge on any atom is -0.340 e. The smallest absolute Gasteiger partial charge is 0.317 e. The van der Waals surface area contributed by atoms with Crippen LogP contribution in [0.4, 0.5) is 4.79 Å². The molecule has 0 aliphatic carbocycles. The number of carbonyl (C=O) groups is 1. The molecule has 0 saturated carbocycles. The van der Waals surface area contributed by atoms with E-state index in [1.165, 1.54) is 0 Å². The molecular formula is C17H19ClN6O2. The molecule has 2 amide bonds. The van der Waals surface area contributed by atoms with Crippen LogP contribution in [0.1, 0.15) is 36.3 Å². The monoisotopic (exact) mass is 374 g/mol. The summed E-state index contributed by atoms with van der Waals surface area (Å²) < 4.78 is 5.05.